The Labute approximate surface area is 99.8 Å². The Morgan fingerprint density at radius 2 is 2.24 bits per heavy atom. The van der Waals surface area contributed by atoms with Crippen LogP contribution in [0.25, 0.3) is 11.0 Å². The fourth-order valence-electron chi connectivity index (χ4n) is 2.34. The van der Waals surface area contributed by atoms with E-state index in [0.717, 1.165) is 22.4 Å². The molecule has 0 amide bonds. The zero-order chi connectivity index (χ0) is 12.0. The van der Waals surface area contributed by atoms with Gasteiger partial charge in [0.05, 0.1) is 36.3 Å². The molecule has 2 heterocycles. The summed E-state index contributed by atoms with van der Waals surface area (Å²) in [6, 6.07) is 6.19. The van der Waals surface area contributed by atoms with Crippen LogP contribution in [0.4, 0.5) is 0 Å². The van der Waals surface area contributed by atoms with Gasteiger partial charge in [0.1, 0.15) is 5.82 Å². The topological polar surface area (TPSA) is 47.3 Å². The van der Waals surface area contributed by atoms with Crippen LogP contribution in [0.1, 0.15) is 11.4 Å². The van der Waals surface area contributed by atoms with Crippen molar-refractivity contribution in [2.75, 3.05) is 19.8 Å². The number of imidazole rings is 1. The summed E-state index contributed by atoms with van der Waals surface area (Å²) in [4.78, 5) is 4.47. The number of ether oxygens (including phenoxy) is 1. The van der Waals surface area contributed by atoms with E-state index in [1.54, 1.807) is 0 Å². The number of hydrogen-bond acceptors (Lipinski definition) is 3. The van der Waals surface area contributed by atoms with Crippen LogP contribution in [-0.4, -0.2) is 34.5 Å². The van der Waals surface area contributed by atoms with Crippen LogP contribution in [0.5, 0.6) is 0 Å². The van der Waals surface area contributed by atoms with E-state index in [0.29, 0.717) is 13.2 Å². The summed E-state index contributed by atoms with van der Waals surface area (Å²) in [5.74, 6) is 1.00. The van der Waals surface area contributed by atoms with Crippen molar-refractivity contribution < 1.29 is 9.84 Å². The number of aryl methyl sites for hydroxylation is 2. The molecule has 2 aromatic rings. The number of benzene rings is 1. The summed E-state index contributed by atoms with van der Waals surface area (Å²) in [6.07, 6.45) is 0. The van der Waals surface area contributed by atoms with Crippen molar-refractivity contribution in [1.29, 1.82) is 0 Å². The predicted molar refractivity (Wildman–Crippen MR) is 65.0 cm³/mol. The maximum atomic E-state index is 9.53. The molecule has 17 heavy (non-hydrogen) atoms. The second-order valence-electron chi connectivity index (χ2n) is 4.85. The number of aliphatic hydroxyl groups is 1. The third-order valence-electron chi connectivity index (χ3n) is 3.78. The van der Waals surface area contributed by atoms with E-state index in [9.17, 15) is 5.11 Å². The SMILES string of the molecule is Cc1nc2ccc(C3(CO)COC3)cc2n1C. The fraction of sp³-hybridized carbons (Fsp3) is 0.462. The summed E-state index contributed by atoms with van der Waals surface area (Å²) in [7, 11) is 2.01. The molecule has 0 unspecified atom stereocenters. The molecule has 0 spiro atoms. The molecule has 0 aliphatic carbocycles. The van der Waals surface area contributed by atoms with Crippen LogP contribution >= 0.6 is 0 Å². The van der Waals surface area contributed by atoms with Gasteiger partial charge in [0, 0.05) is 7.05 Å². The molecule has 3 rings (SSSR count). The van der Waals surface area contributed by atoms with Crippen molar-refractivity contribution in [3.05, 3.63) is 29.6 Å². The Bertz CT molecular complexity index is 565. The first-order valence-electron chi connectivity index (χ1n) is 5.78. The van der Waals surface area contributed by atoms with Gasteiger partial charge in [-0.3, -0.25) is 0 Å². The number of fused-ring (bicyclic) bond motifs is 1. The molecule has 1 aromatic carbocycles. The summed E-state index contributed by atoms with van der Waals surface area (Å²) in [5, 5.41) is 9.53. The summed E-state index contributed by atoms with van der Waals surface area (Å²) < 4.78 is 7.32. The second-order valence-corrected chi connectivity index (χ2v) is 4.85. The van der Waals surface area contributed by atoms with Crippen LogP contribution in [0, 0.1) is 6.92 Å². The van der Waals surface area contributed by atoms with Gasteiger partial charge < -0.3 is 14.4 Å². The Balaban J connectivity index is 2.15. The van der Waals surface area contributed by atoms with E-state index >= 15 is 0 Å². The Morgan fingerprint density at radius 1 is 1.47 bits per heavy atom. The van der Waals surface area contributed by atoms with E-state index in [1.807, 2.05) is 26.1 Å². The van der Waals surface area contributed by atoms with Crippen molar-refractivity contribution in [1.82, 2.24) is 9.55 Å². The molecule has 1 aliphatic rings. The minimum atomic E-state index is -0.202. The largest absolute Gasteiger partial charge is 0.395 e. The van der Waals surface area contributed by atoms with Crippen LogP contribution in [0.2, 0.25) is 0 Å². The molecule has 0 bridgehead atoms. The average Bonchev–Trinajstić information content (AvgIpc) is 2.55. The van der Waals surface area contributed by atoms with Crippen LogP contribution in [0.3, 0.4) is 0 Å². The number of aliphatic hydroxyl groups excluding tert-OH is 1. The van der Waals surface area contributed by atoms with E-state index < -0.39 is 0 Å². The number of hydrogen-bond donors (Lipinski definition) is 1. The lowest BCUT2D eigenvalue weighted by atomic mass is 9.79. The minimum absolute atomic E-state index is 0.134. The van der Waals surface area contributed by atoms with Gasteiger partial charge in [-0.1, -0.05) is 6.07 Å². The lowest BCUT2D eigenvalue weighted by Crippen LogP contribution is -2.49. The van der Waals surface area contributed by atoms with Gasteiger partial charge in [0.2, 0.25) is 0 Å². The summed E-state index contributed by atoms with van der Waals surface area (Å²) in [6.45, 7) is 3.33. The van der Waals surface area contributed by atoms with Gasteiger partial charge in [-0.2, -0.15) is 0 Å². The first kappa shape index (κ1) is 10.7. The molecule has 1 N–H and O–H groups in total. The molecule has 1 fully saturated rings. The van der Waals surface area contributed by atoms with Crippen molar-refractivity contribution in [3.63, 3.8) is 0 Å². The molecule has 90 valence electrons. The Hall–Kier alpha value is -1.39. The van der Waals surface area contributed by atoms with E-state index in [4.69, 9.17) is 4.74 Å². The number of rotatable bonds is 2. The van der Waals surface area contributed by atoms with E-state index in [1.165, 1.54) is 0 Å². The van der Waals surface area contributed by atoms with E-state index in [-0.39, 0.29) is 12.0 Å². The quantitative estimate of drug-likeness (QED) is 0.844. The van der Waals surface area contributed by atoms with E-state index in [2.05, 4.69) is 15.6 Å². The molecule has 0 atom stereocenters. The van der Waals surface area contributed by atoms with Gasteiger partial charge >= 0.3 is 0 Å². The highest BCUT2D eigenvalue weighted by molar-refractivity contribution is 5.77. The highest BCUT2D eigenvalue weighted by Gasteiger charge is 2.40. The highest BCUT2D eigenvalue weighted by Crippen LogP contribution is 2.33. The molecule has 0 radical (unpaired) electrons. The highest BCUT2D eigenvalue weighted by atomic mass is 16.5. The van der Waals surface area contributed by atoms with Gasteiger partial charge in [-0.05, 0) is 24.6 Å². The smallest absolute Gasteiger partial charge is 0.106 e. The third-order valence-corrected chi connectivity index (χ3v) is 3.78. The monoisotopic (exact) mass is 232 g/mol. The maximum absolute atomic E-state index is 9.53. The molecular weight excluding hydrogens is 216 g/mol. The van der Waals surface area contributed by atoms with Gasteiger partial charge in [0.25, 0.3) is 0 Å². The first-order chi connectivity index (χ1) is 8.16. The van der Waals surface area contributed by atoms with Crippen molar-refractivity contribution in [3.8, 4) is 0 Å². The molecule has 4 heteroatoms. The second kappa shape index (κ2) is 3.55. The van der Waals surface area contributed by atoms with Gasteiger partial charge in [-0.25, -0.2) is 4.98 Å². The first-order valence-corrected chi connectivity index (χ1v) is 5.78. The lowest BCUT2D eigenvalue weighted by molar-refractivity contribution is -0.0841. The fourth-order valence-corrected chi connectivity index (χ4v) is 2.34. The molecule has 1 aromatic heterocycles. The zero-order valence-corrected chi connectivity index (χ0v) is 10.1. The van der Waals surface area contributed by atoms with Gasteiger partial charge in [-0.15, -0.1) is 0 Å². The number of nitrogens with zero attached hydrogens (tertiary/aromatic N) is 2. The van der Waals surface area contributed by atoms with Crippen molar-refractivity contribution >= 4 is 11.0 Å². The minimum Gasteiger partial charge on any atom is -0.395 e. The van der Waals surface area contributed by atoms with Crippen LogP contribution in [0.15, 0.2) is 18.2 Å². The van der Waals surface area contributed by atoms with Crippen LogP contribution in [-0.2, 0) is 17.2 Å². The average molecular weight is 232 g/mol. The number of aromatic nitrogens is 2. The Kier molecular flexibility index (Phi) is 2.24. The van der Waals surface area contributed by atoms with Crippen molar-refractivity contribution in [2.24, 2.45) is 7.05 Å². The molecule has 1 aliphatic heterocycles. The molecule has 0 saturated carbocycles. The lowest BCUT2D eigenvalue weighted by Gasteiger charge is -2.40. The molecule has 1 saturated heterocycles. The van der Waals surface area contributed by atoms with Crippen LogP contribution < -0.4 is 0 Å². The summed E-state index contributed by atoms with van der Waals surface area (Å²) in [5.41, 5.74) is 3.05. The molecular formula is C13H16N2O2. The normalized spacial score (nSPS) is 18.3. The molecule has 4 nitrogen and oxygen atoms in total. The third kappa shape index (κ3) is 1.41. The standard InChI is InChI=1S/C13H16N2O2/c1-9-14-11-4-3-10(5-12(11)15(9)2)13(6-16)7-17-8-13/h3-5,16H,6-8H2,1-2H3. The van der Waals surface area contributed by atoms with Gasteiger partial charge in [0.15, 0.2) is 0 Å². The predicted octanol–water partition coefficient (Wildman–Crippen LogP) is 1.14. The summed E-state index contributed by atoms with van der Waals surface area (Å²) >= 11 is 0. The maximum Gasteiger partial charge on any atom is 0.106 e. The van der Waals surface area contributed by atoms with Crippen molar-refractivity contribution in [2.45, 2.75) is 12.3 Å². The zero-order valence-electron chi connectivity index (χ0n) is 10.1. The Morgan fingerprint density at radius 3 is 2.82 bits per heavy atom.